The second-order valence-electron chi connectivity index (χ2n) is 9.22. The van der Waals surface area contributed by atoms with Crippen molar-refractivity contribution in [2.24, 2.45) is 4.99 Å². The van der Waals surface area contributed by atoms with Crippen LogP contribution in [0.5, 0.6) is 0 Å². The van der Waals surface area contributed by atoms with Gasteiger partial charge in [-0.3, -0.25) is 9.36 Å². The molecule has 210 valence electrons. The Morgan fingerprint density at radius 2 is 1.90 bits per heavy atom. The first-order valence-electron chi connectivity index (χ1n) is 13.0. The lowest BCUT2D eigenvalue weighted by Gasteiger charge is -2.25. The molecule has 0 N–H and O–H groups in total. The highest BCUT2D eigenvalue weighted by Gasteiger charge is 2.35. The molecule has 1 aliphatic heterocycles. The molecule has 1 atom stereocenters. The molecule has 0 bridgehead atoms. The topological polar surface area (TPSA) is 99.6 Å². The molecule has 8 nitrogen and oxygen atoms in total. The number of halogens is 1. The molecule has 4 heterocycles. The van der Waals surface area contributed by atoms with E-state index in [1.807, 2.05) is 43.3 Å². The van der Waals surface area contributed by atoms with Crippen molar-refractivity contribution in [1.29, 1.82) is 0 Å². The minimum absolute atomic E-state index is 0.136. The van der Waals surface area contributed by atoms with E-state index in [-0.39, 0.29) is 17.7 Å². The zero-order chi connectivity index (χ0) is 29.2. The number of nitrogens with zero attached hydrogens (tertiary/aromatic N) is 4. The summed E-state index contributed by atoms with van der Waals surface area (Å²) in [6.07, 6.45) is 3.32. The fourth-order valence-electron chi connectivity index (χ4n) is 4.56. The number of carbonyl (C=O) groups excluding carboxylic acids is 1. The molecular weight excluding hydrogens is 575 g/mol. The number of aryl methyl sites for hydroxylation is 1. The molecule has 0 saturated heterocycles. The van der Waals surface area contributed by atoms with Crippen molar-refractivity contribution >= 4 is 40.8 Å². The van der Waals surface area contributed by atoms with Crippen molar-refractivity contribution in [2.45, 2.75) is 30.1 Å². The van der Waals surface area contributed by atoms with Gasteiger partial charge in [-0.1, -0.05) is 53.8 Å². The van der Waals surface area contributed by atoms with E-state index in [1.165, 1.54) is 39.8 Å². The van der Waals surface area contributed by atoms with Gasteiger partial charge in [-0.05, 0) is 61.5 Å². The first kappa shape index (κ1) is 27.6. The third kappa shape index (κ3) is 5.48. The summed E-state index contributed by atoms with van der Waals surface area (Å²) in [6.45, 7) is 3.73. The van der Waals surface area contributed by atoms with Crippen LogP contribution >= 0.6 is 23.1 Å². The van der Waals surface area contributed by atoms with Gasteiger partial charge >= 0.3 is 5.97 Å². The third-order valence-electron chi connectivity index (χ3n) is 6.40. The number of hydrogen-bond donors (Lipinski definition) is 0. The second-order valence-corrected chi connectivity index (χ2v) is 11.2. The van der Waals surface area contributed by atoms with Gasteiger partial charge in [0.2, 0.25) is 0 Å². The minimum Gasteiger partial charge on any atom is -0.463 e. The average Bonchev–Trinajstić information content (AvgIpc) is 3.56. The van der Waals surface area contributed by atoms with E-state index in [0.717, 1.165) is 5.69 Å². The van der Waals surface area contributed by atoms with Gasteiger partial charge in [-0.15, -0.1) is 0 Å². The number of thiazole rings is 1. The molecule has 3 aromatic heterocycles. The number of rotatable bonds is 7. The Hall–Kier alpha value is -4.61. The molecule has 0 spiro atoms. The molecule has 5 aromatic rings. The first-order valence-corrected chi connectivity index (χ1v) is 14.7. The fourth-order valence-corrected chi connectivity index (χ4v) is 6.30. The van der Waals surface area contributed by atoms with Crippen molar-refractivity contribution in [3.63, 3.8) is 0 Å². The summed E-state index contributed by atoms with van der Waals surface area (Å²) < 4.78 is 27.2. The van der Waals surface area contributed by atoms with Crippen molar-refractivity contribution in [2.75, 3.05) is 6.61 Å². The standard InChI is InChI=1S/C31H23FN4O4S2/c1-3-39-29(38)25-26(19-7-5-4-6-8-19)35-31-36(27(25)20-9-11-21(32)12-10-20)28(37)23(41-31)17-22-13-14-24(40-22)42-30-33-16-15-18(2)34-30/h4-17,27H,3H2,1-2H3/b23-17+/t27-/m0/s1. The van der Waals surface area contributed by atoms with Gasteiger partial charge < -0.3 is 9.15 Å². The Balaban J connectivity index is 1.51. The van der Waals surface area contributed by atoms with Crippen molar-refractivity contribution in [3.05, 3.63) is 133 Å². The largest absolute Gasteiger partial charge is 0.463 e. The molecule has 0 saturated carbocycles. The maximum Gasteiger partial charge on any atom is 0.338 e. The molecule has 11 heteroatoms. The van der Waals surface area contributed by atoms with Gasteiger partial charge in [0.1, 0.15) is 11.6 Å². The summed E-state index contributed by atoms with van der Waals surface area (Å²) in [4.78, 5) is 41.2. The van der Waals surface area contributed by atoms with Crippen LogP contribution in [0.25, 0.3) is 11.8 Å². The fraction of sp³-hybridized carbons (Fsp3) is 0.129. The third-order valence-corrected chi connectivity index (χ3v) is 8.18. The molecule has 0 aliphatic carbocycles. The molecular formula is C31H23FN4O4S2. The minimum atomic E-state index is -0.889. The molecule has 1 aliphatic rings. The van der Waals surface area contributed by atoms with Gasteiger partial charge in [0.25, 0.3) is 5.56 Å². The number of esters is 1. The highest BCUT2D eigenvalue weighted by molar-refractivity contribution is 7.99. The smallest absolute Gasteiger partial charge is 0.338 e. The molecule has 0 unspecified atom stereocenters. The monoisotopic (exact) mass is 598 g/mol. The van der Waals surface area contributed by atoms with Crippen molar-refractivity contribution in [1.82, 2.24) is 14.5 Å². The zero-order valence-corrected chi connectivity index (χ0v) is 24.1. The number of hydrogen-bond acceptors (Lipinski definition) is 9. The van der Waals surface area contributed by atoms with Crippen molar-refractivity contribution in [3.8, 4) is 0 Å². The number of fused-ring (bicyclic) bond motifs is 1. The van der Waals surface area contributed by atoms with E-state index in [0.29, 0.717) is 42.2 Å². The molecule has 42 heavy (non-hydrogen) atoms. The Morgan fingerprint density at radius 3 is 2.64 bits per heavy atom. The number of benzene rings is 2. The molecule has 2 aromatic carbocycles. The molecule has 6 rings (SSSR count). The average molecular weight is 599 g/mol. The van der Waals surface area contributed by atoms with Crippen LogP contribution in [0.2, 0.25) is 0 Å². The number of furan rings is 1. The quantitative estimate of drug-likeness (QED) is 0.194. The van der Waals surface area contributed by atoms with Crippen molar-refractivity contribution < 1.29 is 18.3 Å². The van der Waals surface area contributed by atoms with Gasteiger partial charge in [0.05, 0.1) is 28.5 Å². The van der Waals surface area contributed by atoms with E-state index < -0.39 is 17.8 Å². The summed E-state index contributed by atoms with van der Waals surface area (Å²) in [5.41, 5.74) is 2.30. The SMILES string of the molecule is CCOC(=O)C1=C(c2ccccc2)N=c2s/c(=C/c3ccc(Sc4nccc(C)n4)o3)c(=O)n2[C@H]1c1ccc(F)cc1. The van der Waals surface area contributed by atoms with Crippen LogP contribution in [-0.4, -0.2) is 27.1 Å². The molecule has 0 radical (unpaired) electrons. The van der Waals surface area contributed by atoms with Gasteiger partial charge in [0, 0.05) is 23.5 Å². The maximum atomic E-state index is 13.9. The van der Waals surface area contributed by atoms with Crippen LogP contribution in [0.15, 0.2) is 109 Å². The summed E-state index contributed by atoms with van der Waals surface area (Å²) >= 11 is 2.45. The number of carbonyl (C=O) groups is 1. The Kier molecular flexibility index (Phi) is 7.68. The van der Waals surface area contributed by atoms with Crippen LogP contribution in [0.1, 0.15) is 35.5 Å². The van der Waals surface area contributed by atoms with Crippen LogP contribution < -0.4 is 14.9 Å². The number of ether oxygens (including phenoxy) is 1. The van der Waals surface area contributed by atoms with Crippen LogP contribution in [0, 0.1) is 12.7 Å². The van der Waals surface area contributed by atoms with E-state index in [4.69, 9.17) is 14.1 Å². The zero-order valence-electron chi connectivity index (χ0n) is 22.5. The van der Waals surface area contributed by atoms with Crippen LogP contribution in [0.3, 0.4) is 0 Å². The highest BCUT2D eigenvalue weighted by Crippen LogP contribution is 2.35. The van der Waals surface area contributed by atoms with E-state index in [1.54, 1.807) is 43.5 Å². The highest BCUT2D eigenvalue weighted by atomic mass is 32.2. The Labute approximate surface area is 247 Å². The Bertz CT molecular complexity index is 2000. The number of aromatic nitrogens is 3. The van der Waals surface area contributed by atoms with Gasteiger partial charge in [0.15, 0.2) is 15.1 Å². The lowest BCUT2D eigenvalue weighted by atomic mass is 9.93. The summed E-state index contributed by atoms with van der Waals surface area (Å²) in [5.74, 6) is -0.574. The summed E-state index contributed by atoms with van der Waals surface area (Å²) in [7, 11) is 0. The maximum absolute atomic E-state index is 13.9. The van der Waals surface area contributed by atoms with E-state index >= 15 is 0 Å². The van der Waals surface area contributed by atoms with Gasteiger partial charge in [-0.2, -0.15) is 0 Å². The second kappa shape index (κ2) is 11.7. The lowest BCUT2D eigenvalue weighted by molar-refractivity contribution is -0.138. The predicted octanol–water partition coefficient (Wildman–Crippen LogP) is 4.92. The summed E-state index contributed by atoms with van der Waals surface area (Å²) in [6, 6.07) is 19.4. The normalized spacial score (nSPS) is 14.9. The van der Waals surface area contributed by atoms with E-state index in [9.17, 15) is 14.0 Å². The summed E-state index contributed by atoms with van der Waals surface area (Å²) in [5, 5.41) is 1.12. The van der Waals surface area contributed by atoms with Crippen LogP contribution in [0.4, 0.5) is 4.39 Å². The van der Waals surface area contributed by atoms with Crippen LogP contribution in [-0.2, 0) is 9.53 Å². The molecule has 0 amide bonds. The lowest BCUT2D eigenvalue weighted by Crippen LogP contribution is -2.40. The molecule has 0 fully saturated rings. The Morgan fingerprint density at radius 1 is 1.12 bits per heavy atom. The van der Waals surface area contributed by atoms with E-state index in [2.05, 4.69) is 9.97 Å². The van der Waals surface area contributed by atoms with Gasteiger partial charge in [-0.25, -0.2) is 24.1 Å². The first-order chi connectivity index (χ1) is 20.4. The predicted molar refractivity (Wildman–Crippen MR) is 157 cm³/mol.